The molecule has 0 aromatic rings. The summed E-state index contributed by atoms with van der Waals surface area (Å²) in [6, 6.07) is 0. The van der Waals surface area contributed by atoms with Gasteiger partial charge < -0.3 is 10.1 Å². The Morgan fingerprint density at radius 3 is 2.33 bits per heavy atom. The predicted octanol–water partition coefficient (Wildman–Crippen LogP) is 2.44. The average Bonchev–Trinajstić information content (AvgIpc) is 2.22. The van der Waals surface area contributed by atoms with Crippen LogP contribution in [0.15, 0.2) is 0 Å². The second-order valence-corrected chi connectivity index (χ2v) is 5.22. The van der Waals surface area contributed by atoms with Crippen molar-refractivity contribution < 1.29 is 4.74 Å². The number of hydrogen-bond donors (Lipinski definition) is 1. The van der Waals surface area contributed by atoms with E-state index >= 15 is 0 Å². The van der Waals surface area contributed by atoms with Crippen molar-refractivity contribution in [1.82, 2.24) is 5.32 Å². The van der Waals surface area contributed by atoms with Gasteiger partial charge >= 0.3 is 0 Å². The SMILES string of the molecule is COCCC(C1CCC1)C1CCNCC1. The van der Waals surface area contributed by atoms with Crippen LogP contribution in [-0.2, 0) is 4.74 Å². The molecular weight excluding hydrogens is 186 g/mol. The molecule has 1 unspecified atom stereocenters. The fraction of sp³-hybridized carbons (Fsp3) is 1.00. The van der Waals surface area contributed by atoms with Gasteiger partial charge in [0.25, 0.3) is 0 Å². The second-order valence-electron chi connectivity index (χ2n) is 5.22. The lowest BCUT2D eigenvalue weighted by atomic mass is 9.67. The zero-order valence-electron chi connectivity index (χ0n) is 10.0. The van der Waals surface area contributed by atoms with Gasteiger partial charge in [-0.25, -0.2) is 0 Å². The van der Waals surface area contributed by atoms with Crippen LogP contribution in [0.1, 0.15) is 38.5 Å². The summed E-state index contributed by atoms with van der Waals surface area (Å²) < 4.78 is 5.27. The average molecular weight is 211 g/mol. The summed E-state index contributed by atoms with van der Waals surface area (Å²) in [6.07, 6.45) is 8.53. The Kier molecular flexibility index (Phi) is 4.45. The highest BCUT2D eigenvalue weighted by molar-refractivity contribution is 4.84. The summed E-state index contributed by atoms with van der Waals surface area (Å²) in [5.41, 5.74) is 0. The summed E-state index contributed by atoms with van der Waals surface area (Å²) in [5.74, 6) is 2.97. The largest absolute Gasteiger partial charge is 0.385 e. The number of piperidine rings is 1. The third kappa shape index (κ3) is 2.94. The van der Waals surface area contributed by atoms with Gasteiger partial charge in [-0.15, -0.1) is 0 Å². The molecule has 2 fully saturated rings. The Labute approximate surface area is 93.8 Å². The van der Waals surface area contributed by atoms with Gasteiger partial charge in [-0.05, 0) is 50.1 Å². The van der Waals surface area contributed by atoms with Crippen LogP contribution >= 0.6 is 0 Å². The predicted molar refractivity (Wildman–Crippen MR) is 62.9 cm³/mol. The van der Waals surface area contributed by atoms with Crippen LogP contribution in [0.3, 0.4) is 0 Å². The Morgan fingerprint density at radius 1 is 1.13 bits per heavy atom. The molecule has 0 aromatic heterocycles. The zero-order valence-corrected chi connectivity index (χ0v) is 10.0. The van der Waals surface area contributed by atoms with Crippen LogP contribution in [0, 0.1) is 17.8 Å². The summed E-state index contributed by atoms with van der Waals surface area (Å²) in [6.45, 7) is 3.44. The second kappa shape index (κ2) is 5.86. The molecule has 15 heavy (non-hydrogen) atoms. The molecule has 2 rings (SSSR count). The third-order valence-electron chi connectivity index (χ3n) is 4.40. The van der Waals surface area contributed by atoms with Gasteiger partial charge in [-0.1, -0.05) is 19.3 Å². The van der Waals surface area contributed by atoms with Gasteiger partial charge in [-0.3, -0.25) is 0 Å². The molecule has 1 heterocycles. The Morgan fingerprint density at radius 2 is 1.80 bits per heavy atom. The van der Waals surface area contributed by atoms with Crippen molar-refractivity contribution >= 4 is 0 Å². The van der Waals surface area contributed by atoms with E-state index in [1.807, 2.05) is 7.11 Å². The molecule has 0 aromatic carbocycles. The van der Waals surface area contributed by atoms with E-state index in [9.17, 15) is 0 Å². The molecular formula is C13H25NO. The van der Waals surface area contributed by atoms with Crippen molar-refractivity contribution in [3.05, 3.63) is 0 Å². The van der Waals surface area contributed by atoms with Crippen LogP contribution in [-0.4, -0.2) is 26.8 Å². The minimum atomic E-state index is 0.959. The lowest BCUT2D eigenvalue weighted by Crippen LogP contribution is -2.36. The fourth-order valence-corrected chi connectivity index (χ4v) is 3.25. The van der Waals surface area contributed by atoms with E-state index in [-0.39, 0.29) is 0 Å². The molecule has 2 heteroatoms. The maximum Gasteiger partial charge on any atom is 0.0465 e. The highest BCUT2D eigenvalue weighted by atomic mass is 16.5. The monoisotopic (exact) mass is 211 g/mol. The highest BCUT2D eigenvalue weighted by Crippen LogP contribution is 2.41. The number of hydrogen-bond acceptors (Lipinski definition) is 2. The number of rotatable bonds is 5. The van der Waals surface area contributed by atoms with Crippen molar-refractivity contribution in [3.8, 4) is 0 Å². The number of methoxy groups -OCH3 is 1. The van der Waals surface area contributed by atoms with Crippen LogP contribution in [0.2, 0.25) is 0 Å². The molecule has 2 nitrogen and oxygen atoms in total. The minimum absolute atomic E-state index is 0.959. The molecule has 2 aliphatic rings. The van der Waals surface area contributed by atoms with Crippen LogP contribution in [0.25, 0.3) is 0 Å². The molecule has 0 spiro atoms. The van der Waals surface area contributed by atoms with Gasteiger partial charge in [0.2, 0.25) is 0 Å². The van der Waals surface area contributed by atoms with Crippen LogP contribution in [0.5, 0.6) is 0 Å². The molecule has 0 radical (unpaired) electrons. The van der Waals surface area contributed by atoms with Gasteiger partial charge in [0, 0.05) is 13.7 Å². The molecule has 1 atom stereocenters. The normalized spacial score (nSPS) is 26.2. The van der Waals surface area contributed by atoms with Gasteiger partial charge in [0.1, 0.15) is 0 Å². The highest BCUT2D eigenvalue weighted by Gasteiger charge is 2.33. The van der Waals surface area contributed by atoms with E-state index < -0.39 is 0 Å². The summed E-state index contributed by atoms with van der Waals surface area (Å²) in [7, 11) is 1.83. The molecule has 1 saturated heterocycles. The summed E-state index contributed by atoms with van der Waals surface area (Å²) >= 11 is 0. The first-order valence-electron chi connectivity index (χ1n) is 6.61. The molecule has 1 aliphatic carbocycles. The lowest BCUT2D eigenvalue weighted by molar-refractivity contribution is 0.0795. The van der Waals surface area contributed by atoms with Crippen molar-refractivity contribution in [2.75, 3.05) is 26.8 Å². The molecule has 1 aliphatic heterocycles. The first kappa shape index (κ1) is 11.4. The van der Waals surface area contributed by atoms with Crippen molar-refractivity contribution in [3.63, 3.8) is 0 Å². The summed E-state index contributed by atoms with van der Waals surface area (Å²) in [4.78, 5) is 0. The quantitative estimate of drug-likeness (QED) is 0.754. The Bertz CT molecular complexity index is 173. The van der Waals surface area contributed by atoms with E-state index in [1.165, 1.54) is 51.6 Å². The summed E-state index contributed by atoms with van der Waals surface area (Å²) in [5, 5.41) is 3.47. The van der Waals surface area contributed by atoms with Crippen LogP contribution < -0.4 is 5.32 Å². The lowest BCUT2D eigenvalue weighted by Gasteiger charge is -2.40. The van der Waals surface area contributed by atoms with Gasteiger partial charge in [-0.2, -0.15) is 0 Å². The zero-order chi connectivity index (χ0) is 10.5. The van der Waals surface area contributed by atoms with E-state index in [1.54, 1.807) is 0 Å². The Hall–Kier alpha value is -0.0800. The molecule has 0 bridgehead atoms. The van der Waals surface area contributed by atoms with Gasteiger partial charge in [0.15, 0.2) is 0 Å². The first-order chi connectivity index (χ1) is 7.42. The molecule has 1 saturated carbocycles. The first-order valence-corrected chi connectivity index (χ1v) is 6.61. The minimum Gasteiger partial charge on any atom is -0.385 e. The van der Waals surface area contributed by atoms with E-state index in [0.717, 1.165) is 24.4 Å². The molecule has 1 N–H and O–H groups in total. The van der Waals surface area contributed by atoms with Crippen molar-refractivity contribution in [1.29, 1.82) is 0 Å². The van der Waals surface area contributed by atoms with E-state index in [0.29, 0.717) is 0 Å². The third-order valence-corrected chi connectivity index (χ3v) is 4.40. The van der Waals surface area contributed by atoms with Crippen molar-refractivity contribution in [2.24, 2.45) is 17.8 Å². The van der Waals surface area contributed by atoms with Crippen molar-refractivity contribution in [2.45, 2.75) is 38.5 Å². The topological polar surface area (TPSA) is 21.3 Å². The molecule has 0 amide bonds. The number of nitrogens with one attached hydrogen (secondary N) is 1. The number of ether oxygens (including phenoxy) is 1. The fourth-order valence-electron chi connectivity index (χ4n) is 3.25. The standard InChI is InChI=1S/C13H25NO/c1-15-10-7-13(11-3-2-4-11)12-5-8-14-9-6-12/h11-14H,2-10H2,1H3. The van der Waals surface area contributed by atoms with Gasteiger partial charge in [0.05, 0.1) is 0 Å². The van der Waals surface area contributed by atoms with E-state index in [2.05, 4.69) is 5.32 Å². The van der Waals surface area contributed by atoms with E-state index in [4.69, 9.17) is 4.74 Å². The smallest absolute Gasteiger partial charge is 0.0465 e. The maximum absolute atomic E-state index is 5.27. The molecule has 88 valence electrons. The Balaban J connectivity index is 1.84. The maximum atomic E-state index is 5.27. The van der Waals surface area contributed by atoms with Crippen LogP contribution in [0.4, 0.5) is 0 Å².